The summed E-state index contributed by atoms with van der Waals surface area (Å²) in [7, 11) is 0. The first-order chi connectivity index (χ1) is 17.3. The van der Waals surface area contributed by atoms with Crippen molar-refractivity contribution in [1.29, 1.82) is 0 Å². The van der Waals surface area contributed by atoms with Gasteiger partial charge >= 0.3 is 17.9 Å². The number of carbonyl (C=O) groups is 3. The van der Waals surface area contributed by atoms with E-state index in [-0.39, 0.29) is 13.2 Å². The van der Waals surface area contributed by atoms with Gasteiger partial charge in [-0.2, -0.15) is 10.2 Å². The molecule has 0 saturated carbocycles. The number of hydrogen-bond donors (Lipinski definition) is 0. The molecule has 0 aromatic heterocycles. The van der Waals surface area contributed by atoms with E-state index in [2.05, 4.69) is 16.8 Å². The molecule has 0 spiro atoms. The Hall–Kier alpha value is -4.79. The fraction of sp³-hybridized carbons (Fsp3) is 0.148. The molecule has 0 atom stereocenters. The molecular formula is C27H24N2O7. The van der Waals surface area contributed by atoms with E-state index in [1.807, 2.05) is 0 Å². The van der Waals surface area contributed by atoms with Gasteiger partial charge in [0.05, 0.1) is 16.9 Å². The molecule has 0 aliphatic carbocycles. The normalized spacial score (nSPS) is 10.5. The molecule has 184 valence electrons. The second-order valence-corrected chi connectivity index (χ2v) is 7.46. The summed E-state index contributed by atoms with van der Waals surface area (Å²) in [5.74, 6) is -0.0967. The summed E-state index contributed by atoms with van der Waals surface area (Å²) in [4.78, 5) is 34.7. The number of benzene rings is 3. The zero-order chi connectivity index (χ0) is 25.9. The van der Waals surface area contributed by atoms with Crippen LogP contribution in [0.4, 0.5) is 11.4 Å². The van der Waals surface area contributed by atoms with Gasteiger partial charge in [0.15, 0.2) is 0 Å². The Bertz CT molecular complexity index is 1250. The van der Waals surface area contributed by atoms with E-state index in [1.54, 1.807) is 79.7 Å². The number of carbonyl (C=O) groups excluding carboxylic acids is 3. The summed E-state index contributed by atoms with van der Waals surface area (Å²) in [5.41, 5.74) is 1.81. The average Bonchev–Trinajstić information content (AvgIpc) is 2.87. The molecule has 0 N–H and O–H groups in total. The highest BCUT2D eigenvalue weighted by atomic mass is 16.6. The Morgan fingerprint density at radius 2 is 1.19 bits per heavy atom. The molecule has 3 aromatic rings. The first-order valence-corrected chi connectivity index (χ1v) is 10.9. The molecule has 0 radical (unpaired) electrons. The topological polar surface area (TPSA) is 113 Å². The van der Waals surface area contributed by atoms with Crippen molar-refractivity contribution >= 4 is 29.3 Å². The molecule has 0 heterocycles. The predicted octanol–water partition coefficient (Wildman–Crippen LogP) is 5.74. The SMILES string of the molecule is C=C(C)C(=O)OCCOc1ccc(C(=O)Oc2ccc(N=Nc3ccc(OC(C)=O)cc3)cc2)cc1. The van der Waals surface area contributed by atoms with Crippen molar-refractivity contribution < 1.29 is 33.3 Å². The van der Waals surface area contributed by atoms with Crippen molar-refractivity contribution in [1.82, 2.24) is 0 Å². The van der Waals surface area contributed by atoms with Gasteiger partial charge < -0.3 is 18.9 Å². The average molecular weight is 488 g/mol. The van der Waals surface area contributed by atoms with E-state index in [0.717, 1.165) is 0 Å². The fourth-order valence-electron chi connectivity index (χ4n) is 2.71. The molecule has 3 rings (SSSR count). The third-order valence-corrected chi connectivity index (χ3v) is 4.45. The number of hydrogen-bond acceptors (Lipinski definition) is 9. The van der Waals surface area contributed by atoms with Crippen LogP contribution >= 0.6 is 0 Å². The lowest BCUT2D eigenvalue weighted by atomic mass is 10.2. The van der Waals surface area contributed by atoms with E-state index >= 15 is 0 Å². The molecule has 0 fully saturated rings. The van der Waals surface area contributed by atoms with E-state index < -0.39 is 17.9 Å². The molecule has 3 aromatic carbocycles. The van der Waals surface area contributed by atoms with Gasteiger partial charge in [-0.15, -0.1) is 0 Å². The van der Waals surface area contributed by atoms with Crippen LogP contribution in [0.3, 0.4) is 0 Å². The summed E-state index contributed by atoms with van der Waals surface area (Å²) in [5, 5.41) is 8.26. The van der Waals surface area contributed by atoms with Crippen molar-refractivity contribution in [3.05, 3.63) is 90.5 Å². The van der Waals surface area contributed by atoms with Crippen LogP contribution in [-0.4, -0.2) is 31.1 Å². The summed E-state index contributed by atoms with van der Waals surface area (Å²) in [6.07, 6.45) is 0. The van der Waals surface area contributed by atoms with Crippen LogP contribution in [0, 0.1) is 0 Å². The highest BCUT2D eigenvalue weighted by molar-refractivity contribution is 5.91. The predicted molar refractivity (Wildman–Crippen MR) is 131 cm³/mol. The van der Waals surface area contributed by atoms with Crippen LogP contribution in [0.15, 0.2) is 95.2 Å². The Morgan fingerprint density at radius 1 is 0.694 bits per heavy atom. The Labute approximate surface area is 208 Å². The smallest absolute Gasteiger partial charge is 0.343 e. The molecule has 0 bridgehead atoms. The molecule has 0 amide bonds. The number of azo groups is 1. The maximum absolute atomic E-state index is 12.4. The Morgan fingerprint density at radius 3 is 1.69 bits per heavy atom. The first-order valence-electron chi connectivity index (χ1n) is 10.9. The monoisotopic (exact) mass is 488 g/mol. The van der Waals surface area contributed by atoms with Crippen LogP contribution in [-0.2, 0) is 14.3 Å². The molecule has 0 saturated heterocycles. The summed E-state index contributed by atoms with van der Waals surface area (Å²) in [6, 6.07) is 19.5. The van der Waals surface area contributed by atoms with Gasteiger partial charge in [-0.05, 0) is 79.7 Å². The van der Waals surface area contributed by atoms with Crippen LogP contribution in [0.1, 0.15) is 24.2 Å². The second kappa shape index (κ2) is 12.6. The van der Waals surface area contributed by atoms with Gasteiger partial charge in [-0.25, -0.2) is 9.59 Å². The van der Waals surface area contributed by atoms with Crippen LogP contribution < -0.4 is 14.2 Å². The van der Waals surface area contributed by atoms with Gasteiger partial charge in [-0.3, -0.25) is 4.79 Å². The molecule has 36 heavy (non-hydrogen) atoms. The molecule has 0 aliphatic heterocycles. The first kappa shape index (κ1) is 25.8. The second-order valence-electron chi connectivity index (χ2n) is 7.46. The van der Waals surface area contributed by atoms with Crippen molar-refractivity contribution in [3.63, 3.8) is 0 Å². The molecule has 9 heteroatoms. The highest BCUT2D eigenvalue weighted by Crippen LogP contribution is 2.24. The summed E-state index contributed by atoms with van der Waals surface area (Å²) in [6.45, 7) is 6.66. The minimum Gasteiger partial charge on any atom is -0.490 e. The van der Waals surface area contributed by atoms with Gasteiger partial charge in [0.2, 0.25) is 0 Å². The van der Waals surface area contributed by atoms with Gasteiger partial charge in [0, 0.05) is 12.5 Å². The minimum atomic E-state index is -0.529. The van der Waals surface area contributed by atoms with Crippen molar-refractivity contribution in [2.75, 3.05) is 13.2 Å². The lowest BCUT2D eigenvalue weighted by molar-refractivity contribution is -0.139. The van der Waals surface area contributed by atoms with Gasteiger partial charge in [-0.1, -0.05) is 6.58 Å². The van der Waals surface area contributed by atoms with E-state index in [9.17, 15) is 14.4 Å². The maximum Gasteiger partial charge on any atom is 0.343 e. The quantitative estimate of drug-likeness (QED) is 0.117. The molecular weight excluding hydrogens is 464 g/mol. The van der Waals surface area contributed by atoms with Gasteiger partial charge in [0.1, 0.15) is 30.5 Å². The van der Waals surface area contributed by atoms with Crippen molar-refractivity contribution in [3.8, 4) is 17.2 Å². The molecule has 0 aliphatic rings. The van der Waals surface area contributed by atoms with E-state index in [1.165, 1.54) is 6.92 Å². The third kappa shape index (κ3) is 8.21. The van der Waals surface area contributed by atoms with Crippen LogP contribution in [0.5, 0.6) is 17.2 Å². The van der Waals surface area contributed by atoms with Crippen molar-refractivity contribution in [2.24, 2.45) is 10.2 Å². The van der Waals surface area contributed by atoms with Crippen LogP contribution in [0.25, 0.3) is 0 Å². The summed E-state index contributed by atoms with van der Waals surface area (Å²) >= 11 is 0. The number of nitrogens with zero attached hydrogens (tertiary/aromatic N) is 2. The number of ether oxygens (including phenoxy) is 4. The van der Waals surface area contributed by atoms with E-state index in [0.29, 0.717) is 39.8 Å². The third-order valence-electron chi connectivity index (χ3n) is 4.45. The van der Waals surface area contributed by atoms with Gasteiger partial charge in [0.25, 0.3) is 0 Å². The van der Waals surface area contributed by atoms with Crippen molar-refractivity contribution in [2.45, 2.75) is 13.8 Å². The number of rotatable bonds is 10. The Kier molecular flexibility index (Phi) is 9.05. The fourth-order valence-corrected chi connectivity index (χ4v) is 2.71. The summed E-state index contributed by atoms with van der Waals surface area (Å²) < 4.78 is 20.8. The lowest BCUT2D eigenvalue weighted by Crippen LogP contribution is -2.12. The molecule has 0 unspecified atom stereocenters. The minimum absolute atomic E-state index is 0.0907. The van der Waals surface area contributed by atoms with Crippen LogP contribution in [0.2, 0.25) is 0 Å². The Balaban J connectivity index is 1.48. The zero-order valence-corrected chi connectivity index (χ0v) is 19.8. The molecule has 9 nitrogen and oxygen atoms in total. The highest BCUT2D eigenvalue weighted by Gasteiger charge is 2.09. The van der Waals surface area contributed by atoms with E-state index in [4.69, 9.17) is 18.9 Å². The largest absolute Gasteiger partial charge is 0.490 e. The lowest BCUT2D eigenvalue weighted by Gasteiger charge is -2.08. The zero-order valence-electron chi connectivity index (χ0n) is 19.8. The standard InChI is InChI=1S/C27H24N2O7/c1-18(2)26(31)34-17-16-33-23-10-4-20(5-11-23)27(32)36-25-14-8-22(9-15-25)29-28-21-6-12-24(13-7-21)35-19(3)30/h4-15H,1,16-17H2,2-3H3. The number of esters is 3. The maximum atomic E-state index is 12.4.